The molecule has 0 aliphatic heterocycles. The smallest absolute Gasteiger partial charge is 0.205 e. The Hall–Kier alpha value is -2.35. The van der Waals surface area contributed by atoms with Crippen molar-refractivity contribution in [2.45, 2.75) is 19.4 Å². The molecule has 1 atom stereocenters. The first-order valence-corrected chi connectivity index (χ1v) is 10.5. The molecule has 0 spiro atoms. The summed E-state index contributed by atoms with van der Waals surface area (Å²) in [5.74, 6) is 0.805. The molecule has 0 unspecified atom stereocenters. The molecule has 1 N–H and O–H groups in total. The molecule has 0 bridgehead atoms. The van der Waals surface area contributed by atoms with E-state index in [1.165, 1.54) is 0 Å². The molecule has 0 aromatic heterocycles. The molecule has 0 aliphatic rings. The molecule has 0 aliphatic carbocycles. The van der Waals surface area contributed by atoms with E-state index in [-0.39, 0.29) is 6.04 Å². The van der Waals surface area contributed by atoms with Crippen LogP contribution in [0.2, 0.25) is 0 Å². The summed E-state index contributed by atoms with van der Waals surface area (Å²) in [6.45, 7) is 2.09. The van der Waals surface area contributed by atoms with Gasteiger partial charge < -0.3 is 4.74 Å². The molecular weight excluding hydrogens is 341 g/mol. The van der Waals surface area contributed by atoms with E-state index in [1.54, 1.807) is 7.11 Å². The van der Waals surface area contributed by atoms with Crippen molar-refractivity contribution in [3.05, 3.63) is 90.5 Å². The van der Waals surface area contributed by atoms with Gasteiger partial charge in [-0.2, -0.15) is 0 Å². The number of nitrogens with one attached hydrogen (secondary N) is 1. The fourth-order valence-electron chi connectivity index (χ4n) is 3.13. The van der Waals surface area contributed by atoms with E-state index in [4.69, 9.17) is 4.74 Å². The van der Waals surface area contributed by atoms with Crippen LogP contribution in [0.15, 0.2) is 84.9 Å². The first kappa shape index (κ1) is 18.4. The van der Waals surface area contributed by atoms with Crippen molar-refractivity contribution in [1.29, 1.82) is 0 Å². The van der Waals surface area contributed by atoms with Crippen LogP contribution in [0.4, 0.5) is 0 Å². The predicted molar refractivity (Wildman–Crippen MR) is 109 cm³/mol. The molecule has 26 heavy (non-hydrogen) atoms. The highest BCUT2D eigenvalue weighted by Gasteiger charge is 2.30. The van der Waals surface area contributed by atoms with Crippen molar-refractivity contribution in [1.82, 2.24) is 5.09 Å². The van der Waals surface area contributed by atoms with Gasteiger partial charge >= 0.3 is 0 Å². The van der Waals surface area contributed by atoms with Crippen LogP contribution in [0, 0.1) is 0 Å². The van der Waals surface area contributed by atoms with Crippen LogP contribution in [0.1, 0.15) is 24.9 Å². The summed E-state index contributed by atoms with van der Waals surface area (Å²) < 4.78 is 19.7. The average molecular weight is 365 g/mol. The van der Waals surface area contributed by atoms with Crippen LogP contribution in [-0.2, 0) is 4.57 Å². The van der Waals surface area contributed by atoms with Crippen LogP contribution in [0.3, 0.4) is 0 Å². The predicted octanol–water partition coefficient (Wildman–Crippen LogP) is 4.67. The Labute approximate surface area is 155 Å². The third kappa shape index (κ3) is 3.75. The Bertz CT molecular complexity index is 837. The second kappa shape index (κ2) is 8.35. The van der Waals surface area contributed by atoms with Crippen molar-refractivity contribution in [2.24, 2.45) is 0 Å². The monoisotopic (exact) mass is 365 g/mol. The third-order valence-corrected chi connectivity index (χ3v) is 7.23. The van der Waals surface area contributed by atoms with E-state index in [9.17, 15) is 4.57 Å². The maximum Gasteiger partial charge on any atom is 0.205 e. The van der Waals surface area contributed by atoms with Crippen LogP contribution >= 0.6 is 7.29 Å². The Balaban J connectivity index is 2.07. The number of rotatable bonds is 7. The highest BCUT2D eigenvalue weighted by Crippen LogP contribution is 2.43. The SMILES string of the molecule is CC[C@H](NP(=O)(c1ccccc1)c1ccccc1)c1ccccc1OC. The van der Waals surface area contributed by atoms with Crippen LogP contribution < -0.4 is 20.4 Å². The number of hydrogen-bond acceptors (Lipinski definition) is 2. The molecule has 0 radical (unpaired) electrons. The summed E-state index contributed by atoms with van der Waals surface area (Å²) in [6.07, 6.45) is 0.796. The van der Waals surface area contributed by atoms with Gasteiger partial charge in [-0.1, -0.05) is 61.5 Å². The van der Waals surface area contributed by atoms with Crippen LogP contribution in [-0.4, -0.2) is 7.11 Å². The normalized spacial score (nSPS) is 12.5. The molecule has 0 amide bonds. The first-order chi connectivity index (χ1) is 12.7. The van der Waals surface area contributed by atoms with Crippen LogP contribution in [0.25, 0.3) is 0 Å². The number of benzene rings is 3. The van der Waals surface area contributed by atoms with E-state index in [0.717, 1.165) is 28.3 Å². The number of ether oxygens (including phenoxy) is 1. The van der Waals surface area contributed by atoms with Gasteiger partial charge in [-0.05, 0) is 36.8 Å². The van der Waals surface area contributed by atoms with Gasteiger partial charge in [0, 0.05) is 22.2 Å². The molecule has 0 saturated carbocycles. The number of hydrogen-bond donors (Lipinski definition) is 1. The van der Waals surface area contributed by atoms with Gasteiger partial charge in [-0.15, -0.1) is 0 Å². The lowest BCUT2D eigenvalue weighted by Crippen LogP contribution is -2.30. The van der Waals surface area contributed by atoms with Crippen molar-refractivity contribution in [3.63, 3.8) is 0 Å². The Kier molecular flexibility index (Phi) is 5.92. The lowest BCUT2D eigenvalue weighted by atomic mass is 10.0. The molecule has 4 heteroatoms. The second-order valence-corrected chi connectivity index (χ2v) is 8.62. The molecule has 3 rings (SSSR count). The molecule has 3 aromatic carbocycles. The number of methoxy groups -OCH3 is 1. The lowest BCUT2D eigenvalue weighted by molar-refractivity contribution is 0.403. The first-order valence-electron chi connectivity index (χ1n) is 8.81. The van der Waals surface area contributed by atoms with Gasteiger partial charge in [0.25, 0.3) is 0 Å². The summed E-state index contributed by atoms with van der Waals surface area (Å²) >= 11 is 0. The molecule has 3 nitrogen and oxygen atoms in total. The largest absolute Gasteiger partial charge is 0.496 e. The lowest BCUT2D eigenvalue weighted by Gasteiger charge is -2.27. The molecule has 134 valence electrons. The zero-order valence-corrected chi connectivity index (χ0v) is 16.0. The maximum atomic E-state index is 14.2. The highest BCUT2D eigenvalue weighted by molar-refractivity contribution is 7.76. The summed E-state index contributed by atoms with van der Waals surface area (Å²) in [6, 6.07) is 27.1. The van der Waals surface area contributed by atoms with E-state index < -0.39 is 7.29 Å². The zero-order valence-electron chi connectivity index (χ0n) is 15.1. The van der Waals surface area contributed by atoms with Gasteiger partial charge in [0.15, 0.2) is 0 Å². The minimum atomic E-state index is -3.00. The average Bonchev–Trinajstić information content (AvgIpc) is 2.73. The van der Waals surface area contributed by atoms with Crippen molar-refractivity contribution in [2.75, 3.05) is 7.11 Å². The maximum absolute atomic E-state index is 14.2. The molecule has 0 heterocycles. The van der Waals surface area contributed by atoms with E-state index >= 15 is 0 Å². The highest BCUT2D eigenvalue weighted by atomic mass is 31.2. The van der Waals surface area contributed by atoms with E-state index in [2.05, 4.69) is 12.0 Å². The van der Waals surface area contributed by atoms with Gasteiger partial charge in [0.2, 0.25) is 7.29 Å². The van der Waals surface area contributed by atoms with E-state index in [0.29, 0.717) is 0 Å². The third-order valence-electron chi connectivity index (χ3n) is 4.50. The Morgan fingerprint density at radius 2 is 1.35 bits per heavy atom. The summed E-state index contributed by atoms with van der Waals surface area (Å²) in [4.78, 5) is 0. The molecule has 3 aromatic rings. The molecular formula is C22H24NO2P. The van der Waals surface area contributed by atoms with Crippen LogP contribution in [0.5, 0.6) is 5.75 Å². The zero-order chi connectivity index (χ0) is 18.4. The van der Waals surface area contributed by atoms with Gasteiger partial charge in [0.05, 0.1) is 7.11 Å². The quantitative estimate of drug-likeness (QED) is 0.619. The second-order valence-electron chi connectivity index (χ2n) is 6.11. The Morgan fingerprint density at radius 1 is 0.846 bits per heavy atom. The van der Waals surface area contributed by atoms with Gasteiger partial charge in [-0.25, -0.2) is 0 Å². The summed E-state index contributed by atoms with van der Waals surface area (Å²) in [7, 11) is -1.33. The summed E-state index contributed by atoms with van der Waals surface area (Å²) in [5.41, 5.74) is 1.02. The minimum Gasteiger partial charge on any atom is -0.496 e. The van der Waals surface area contributed by atoms with Gasteiger partial charge in [-0.3, -0.25) is 9.65 Å². The number of para-hydroxylation sites is 1. The van der Waals surface area contributed by atoms with E-state index in [1.807, 2.05) is 84.9 Å². The topological polar surface area (TPSA) is 38.3 Å². The molecule has 0 saturated heterocycles. The van der Waals surface area contributed by atoms with Crippen molar-refractivity contribution in [3.8, 4) is 5.75 Å². The molecule has 0 fully saturated rings. The Morgan fingerprint density at radius 3 is 1.85 bits per heavy atom. The minimum absolute atomic E-state index is 0.0857. The van der Waals surface area contributed by atoms with Crippen molar-refractivity contribution < 1.29 is 9.30 Å². The van der Waals surface area contributed by atoms with Crippen molar-refractivity contribution >= 4 is 17.9 Å². The standard InChI is InChI=1S/C22H24NO2P/c1-3-21(20-16-10-11-17-22(20)25-2)23-26(24,18-12-6-4-7-13-18)19-14-8-5-9-15-19/h4-17,21H,3H2,1-2H3,(H,23,24)/t21-/m0/s1. The fraction of sp³-hybridized carbons (Fsp3) is 0.182. The fourth-order valence-corrected chi connectivity index (χ4v) is 5.67. The van der Waals surface area contributed by atoms with Gasteiger partial charge in [0.1, 0.15) is 5.75 Å². The summed E-state index contributed by atoms with van der Waals surface area (Å²) in [5, 5.41) is 5.09.